The Labute approximate surface area is 112 Å². The molecule has 0 aliphatic heterocycles. The molecule has 1 aromatic heterocycles. The molecule has 0 atom stereocenters. The van der Waals surface area contributed by atoms with Crippen LogP contribution in [0.25, 0.3) is 0 Å². The van der Waals surface area contributed by atoms with Crippen molar-refractivity contribution < 1.29 is 0 Å². The molecule has 18 heavy (non-hydrogen) atoms. The molecule has 1 N–H and O–H groups in total. The average Bonchev–Trinajstić information content (AvgIpc) is 2.40. The highest BCUT2D eigenvalue weighted by atomic mass is 35.5. The topological polar surface area (TPSA) is 37.8 Å². The van der Waals surface area contributed by atoms with Crippen LogP contribution in [0.15, 0.2) is 30.3 Å². The van der Waals surface area contributed by atoms with Gasteiger partial charge in [-0.1, -0.05) is 41.9 Å². The van der Waals surface area contributed by atoms with Gasteiger partial charge in [-0.25, -0.2) is 0 Å². The number of halogens is 1. The molecule has 4 heteroatoms. The monoisotopic (exact) mass is 261 g/mol. The van der Waals surface area contributed by atoms with Crippen LogP contribution in [-0.2, 0) is 6.42 Å². The molecule has 1 aromatic carbocycles. The first kappa shape index (κ1) is 12.8. The van der Waals surface area contributed by atoms with Crippen molar-refractivity contribution in [3.8, 4) is 0 Å². The van der Waals surface area contributed by atoms with Crippen molar-refractivity contribution in [3.05, 3.63) is 52.2 Å². The lowest BCUT2D eigenvalue weighted by Crippen LogP contribution is -2.09. The molecule has 94 valence electrons. The Morgan fingerprint density at radius 2 is 1.78 bits per heavy atom. The summed E-state index contributed by atoms with van der Waals surface area (Å²) in [6.07, 6.45) is 0.962. The zero-order valence-corrected chi connectivity index (χ0v) is 11.3. The van der Waals surface area contributed by atoms with Gasteiger partial charge in [0.05, 0.1) is 0 Å². The third-order valence-corrected chi connectivity index (χ3v) is 3.37. The third-order valence-electron chi connectivity index (χ3n) is 3.01. The minimum Gasteiger partial charge on any atom is -0.368 e. The zero-order valence-electron chi connectivity index (χ0n) is 10.6. The summed E-state index contributed by atoms with van der Waals surface area (Å²) in [5, 5.41) is 11.8. The summed E-state index contributed by atoms with van der Waals surface area (Å²) in [6, 6.07) is 10.4. The van der Waals surface area contributed by atoms with E-state index in [1.807, 2.05) is 32.0 Å². The van der Waals surface area contributed by atoms with E-state index in [4.69, 9.17) is 11.6 Å². The second kappa shape index (κ2) is 5.83. The lowest BCUT2D eigenvalue weighted by atomic mass is 10.1. The summed E-state index contributed by atoms with van der Waals surface area (Å²) in [5.41, 5.74) is 3.35. The fourth-order valence-corrected chi connectivity index (χ4v) is 1.89. The normalized spacial score (nSPS) is 10.4. The SMILES string of the molecule is Cc1c(Cl)nnc(NCCc2ccccc2)c1C. The average molecular weight is 262 g/mol. The van der Waals surface area contributed by atoms with E-state index in [0.29, 0.717) is 5.15 Å². The predicted octanol–water partition coefficient (Wildman–Crippen LogP) is 3.40. The Kier molecular flexibility index (Phi) is 4.15. The molecule has 1 heterocycles. The van der Waals surface area contributed by atoms with E-state index < -0.39 is 0 Å². The third kappa shape index (κ3) is 2.99. The number of anilines is 1. The maximum atomic E-state index is 5.91. The van der Waals surface area contributed by atoms with Gasteiger partial charge in [-0.15, -0.1) is 10.2 Å². The lowest BCUT2D eigenvalue weighted by Gasteiger charge is -2.10. The molecule has 0 saturated carbocycles. The number of hydrogen-bond acceptors (Lipinski definition) is 3. The standard InChI is InChI=1S/C14H16ClN3/c1-10-11(2)14(18-17-13(10)15)16-9-8-12-6-4-3-5-7-12/h3-7H,8-9H2,1-2H3,(H,16,18). The van der Waals surface area contributed by atoms with Crippen molar-refractivity contribution in [2.24, 2.45) is 0 Å². The molecule has 2 rings (SSSR count). The van der Waals surface area contributed by atoms with E-state index in [0.717, 1.165) is 29.9 Å². The van der Waals surface area contributed by atoms with Crippen LogP contribution in [0.2, 0.25) is 5.15 Å². The second-order valence-corrected chi connectivity index (χ2v) is 4.61. The minimum absolute atomic E-state index is 0.473. The number of rotatable bonds is 4. The highest BCUT2D eigenvalue weighted by molar-refractivity contribution is 6.30. The molecule has 0 radical (unpaired) electrons. The van der Waals surface area contributed by atoms with Crippen LogP contribution >= 0.6 is 11.6 Å². The highest BCUT2D eigenvalue weighted by Gasteiger charge is 2.07. The van der Waals surface area contributed by atoms with Crippen molar-refractivity contribution >= 4 is 17.4 Å². The van der Waals surface area contributed by atoms with Gasteiger partial charge in [-0.05, 0) is 37.0 Å². The molecule has 3 nitrogen and oxygen atoms in total. The van der Waals surface area contributed by atoms with E-state index >= 15 is 0 Å². The predicted molar refractivity (Wildman–Crippen MR) is 75.2 cm³/mol. The van der Waals surface area contributed by atoms with Crippen molar-refractivity contribution in [1.82, 2.24) is 10.2 Å². The molecule has 0 spiro atoms. The summed E-state index contributed by atoms with van der Waals surface area (Å²) in [6.45, 7) is 4.79. The van der Waals surface area contributed by atoms with Gasteiger partial charge in [-0.2, -0.15) is 0 Å². The van der Waals surface area contributed by atoms with Gasteiger partial charge in [0.15, 0.2) is 11.0 Å². The largest absolute Gasteiger partial charge is 0.368 e. The first-order valence-corrected chi connectivity index (χ1v) is 6.33. The van der Waals surface area contributed by atoms with Crippen LogP contribution < -0.4 is 5.32 Å². The first-order valence-electron chi connectivity index (χ1n) is 5.95. The molecular weight excluding hydrogens is 246 g/mol. The van der Waals surface area contributed by atoms with Crippen LogP contribution in [0.1, 0.15) is 16.7 Å². The summed E-state index contributed by atoms with van der Waals surface area (Å²) >= 11 is 5.91. The second-order valence-electron chi connectivity index (χ2n) is 4.25. The van der Waals surface area contributed by atoms with E-state index in [-0.39, 0.29) is 0 Å². The number of nitrogens with one attached hydrogen (secondary N) is 1. The summed E-state index contributed by atoms with van der Waals surface area (Å²) in [7, 11) is 0. The van der Waals surface area contributed by atoms with Gasteiger partial charge in [-0.3, -0.25) is 0 Å². The van der Waals surface area contributed by atoms with Crippen LogP contribution in [0.5, 0.6) is 0 Å². The van der Waals surface area contributed by atoms with Crippen molar-refractivity contribution in [2.75, 3.05) is 11.9 Å². The van der Waals surface area contributed by atoms with Gasteiger partial charge in [0, 0.05) is 6.54 Å². The van der Waals surface area contributed by atoms with Crippen molar-refractivity contribution in [3.63, 3.8) is 0 Å². The summed E-state index contributed by atoms with van der Waals surface area (Å²) in [4.78, 5) is 0. The maximum absolute atomic E-state index is 5.91. The molecule has 0 saturated heterocycles. The Morgan fingerprint density at radius 1 is 1.06 bits per heavy atom. The Morgan fingerprint density at radius 3 is 2.50 bits per heavy atom. The summed E-state index contributed by atoms with van der Waals surface area (Å²) < 4.78 is 0. The van der Waals surface area contributed by atoms with E-state index in [9.17, 15) is 0 Å². The number of nitrogens with zero attached hydrogens (tertiary/aromatic N) is 2. The Hall–Kier alpha value is -1.61. The van der Waals surface area contributed by atoms with Crippen molar-refractivity contribution in [2.45, 2.75) is 20.3 Å². The first-order chi connectivity index (χ1) is 8.68. The molecule has 0 aliphatic carbocycles. The maximum Gasteiger partial charge on any atom is 0.155 e. The molecule has 0 bridgehead atoms. The van der Waals surface area contributed by atoms with Crippen molar-refractivity contribution in [1.29, 1.82) is 0 Å². The van der Waals surface area contributed by atoms with Gasteiger partial charge < -0.3 is 5.32 Å². The molecular formula is C14H16ClN3. The highest BCUT2D eigenvalue weighted by Crippen LogP contribution is 2.20. The molecule has 2 aromatic rings. The molecule has 0 fully saturated rings. The smallest absolute Gasteiger partial charge is 0.155 e. The number of hydrogen-bond donors (Lipinski definition) is 1. The van der Waals surface area contributed by atoms with Crippen LogP contribution in [0.3, 0.4) is 0 Å². The van der Waals surface area contributed by atoms with E-state index in [1.54, 1.807) is 0 Å². The number of aromatic nitrogens is 2. The van der Waals surface area contributed by atoms with Gasteiger partial charge in [0.1, 0.15) is 0 Å². The van der Waals surface area contributed by atoms with Crippen LogP contribution in [0.4, 0.5) is 5.82 Å². The van der Waals surface area contributed by atoms with E-state index in [1.165, 1.54) is 5.56 Å². The quantitative estimate of drug-likeness (QED) is 0.917. The molecule has 0 aliphatic rings. The summed E-state index contributed by atoms with van der Waals surface area (Å²) in [5.74, 6) is 0.813. The Bertz CT molecular complexity index is 526. The van der Waals surface area contributed by atoms with Gasteiger partial charge in [0.2, 0.25) is 0 Å². The van der Waals surface area contributed by atoms with Crippen LogP contribution in [-0.4, -0.2) is 16.7 Å². The van der Waals surface area contributed by atoms with Crippen LogP contribution in [0, 0.1) is 13.8 Å². The van der Waals surface area contributed by atoms with Gasteiger partial charge in [0.25, 0.3) is 0 Å². The fourth-order valence-electron chi connectivity index (χ4n) is 1.71. The fraction of sp³-hybridized carbons (Fsp3) is 0.286. The Balaban J connectivity index is 1.97. The zero-order chi connectivity index (χ0) is 13.0. The lowest BCUT2D eigenvalue weighted by molar-refractivity contribution is 0.948. The van der Waals surface area contributed by atoms with E-state index in [2.05, 4.69) is 27.6 Å². The number of benzene rings is 1. The van der Waals surface area contributed by atoms with Gasteiger partial charge >= 0.3 is 0 Å². The molecule has 0 amide bonds. The molecule has 0 unspecified atom stereocenters. The minimum atomic E-state index is 0.473.